The average molecular weight is 470 g/mol. The lowest BCUT2D eigenvalue weighted by atomic mass is 10.0. The first-order chi connectivity index (χ1) is 13.8. The van der Waals surface area contributed by atoms with Gasteiger partial charge in [-0.05, 0) is 35.9 Å². The smallest absolute Gasteiger partial charge is 0.248 e. The van der Waals surface area contributed by atoms with Crippen LogP contribution in [-0.4, -0.2) is 43.7 Å². The molecular formula is C23H27Cl3N2O2. The van der Waals surface area contributed by atoms with Crippen LogP contribution in [0.2, 0.25) is 10.0 Å². The molecule has 1 heterocycles. The lowest BCUT2D eigenvalue weighted by Crippen LogP contribution is -3.00. The van der Waals surface area contributed by atoms with Crippen molar-refractivity contribution in [2.75, 3.05) is 32.6 Å². The number of nitrogens with one attached hydrogen (secondary N) is 1. The number of rotatable bonds is 6. The standard InChI is InChI=1S/C23H26Cl2N2O2.ClH/c1-27(2,20-11-13-29-14-12-20)16-18-3-7-19(8-4-18)26-23(28)10-6-17-5-9-21(24)22(25)15-17;/h3-10,15,20H,11-14,16H2,1-2H3;1H. The molecule has 30 heavy (non-hydrogen) atoms. The minimum atomic E-state index is -0.192. The zero-order valence-corrected chi connectivity index (χ0v) is 19.5. The van der Waals surface area contributed by atoms with E-state index in [4.69, 9.17) is 27.9 Å². The molecule has 0 saturated carbocycles. The van der Waals surface area contributed by atoms with E-state index in [9.17, 15) is 4.79 Å². The van der Waals surface area contributed by atoms with Gasteiger partial charge in [-0.3, -0.25) is 4.79 Å². The van der Waals surface area contributed by atoms with Crippen LogP contribution in [0.5, 0.6) is 0 Å². The maximum absolute atomic E-state index is 12.2. The second-order valence-electron chi connectivity index (χ2n) is 7.97. The topological polar surface area (TPSA) is 38.3 Å². The number of hydrogen-bond donors (Lipinski definition) is 1. The van der Waals surface area contributed by atoms with E-state index in [2.05, 4.69) is 31.5 Å². The van der Waals surface area contributed by atoms with E-state index in [0.29, 0.717) is 16.1 Å². The summed E-state index contributed by atoms with van der Waals surface area (Å²) in [6.07, 6.45) is 5.40. The molecule has 0 radical (unpaired) electrons. The van der Waals surface area contributed by atoms with Crippen molar-refractivity contribution in [2.24, 2.45) is 0 Å². The van der Waals surface area contributed by atoms with Crippen LogP contribution in [0.1, 0.15) is 24.0 Å². The minimum absolute atomic E-state index is 0. The third-order valence-corrected chi connectivity index (χ3v) is 6.10. The predicted octanol–water partition coefficient (Wildman–Crippen LogP) is 2.40. The van der Waals surface area contributed by atoms with Crippen LogP contribution in [0.3, 0.4) is 0 Å². The summed E-state index contributed by atoms with van der Waals surface area (Å²) in [6.45, 7) is 2.66. The maximum atomic E-state index is 12.2. The van der Waals surface area contributed by atoms with Crippen molar-refractivity contribution in [3.05, 3.63) is 69.7 Å². The van der Waals surface area contributed by atoms with Crippen molar-refractivity contribution in [2.45, 2.75) is 25.4 Å². The van der Waals surface area contributed by atoms with Crippen LogP contribution in [-0.2, 0) is 16.1 Å². The SMILES string of the molecule is C[N+](C)(Cc1ccc(NC(=O)C=Cc2ccc(Cl)c(Cl)c2)cc1)C1CCOCC1.[Cl-]. The highest BCUT2D eigenvalue weighted by Gasteiger charge is 2.30. The van der Waals surface area contributed by atoms with Gasteiger partial charge in [-0.1, -0.05) is 41.4 Å². The first-order valence-corrected chi connectivity index (χ1v) is 10.5. The fourth-order valence-corrected chi connectivity index (χ4v) is 3.96. The Bertz CT molecular complexity index is 877. The van der Waals surface area contributed by atoms with Crippen molar-refractivity contribution >= 4 is 40.9 Å². The van der Waals surface area contributed by atoms with Crippen molar-refractivity contribution in [1.29, 1.82) is 0 Å². The number of halogens is 3. The Hall–Kier alpha value is -1.56. The first kappa shape index (κ1) is 24.7. The molecule has 1 amide bonds. The van der Waals surface area contributed by atoms with Gasteiger partial charge in [0, 0.05) is 30.2 Å². The number of quaternary nitrogens is 1. The van der Waals surface area contributed by atoms with Gasteiger partial charge in [0.25, 0.3) is 0 Å². The number of hydrogen-bond acceptors (Lipinski definition) is 2. The molecule has 0 aliphatic carbocycles. The largest absolute Gasteiger partial charge is 1.00 e. The van der Waals surface area contributed by atoms with Gasteiger partial charge >= 0.3 is 0 Å². The zero-order chi connectivity index (χ0) is 20.9. The summed E-state index contributed by atoms with van der Waals surface area (Å²) < 4.78 is 6.43. The van der Waals surface area contributed by atoms with Crippen molar-refractivity contribution < 1.29 is 26.4 Å². The van der Waals surface area contributed by atoms with Gasteiger partial charge < -0.3 is 26.9 Å². The molecule has 1 aliphatic heterocycles. The Kier molecular flexibility index (Phi) is 9.20. The molecule has 0 aromatic heterocycles. The Balaban J connectivity index is 0.00000320. The Morgan fingerprint density at radius 2 is 1.77 bits per heavy atom. The Morgan fingerprint density at radius 1 is 1.10 bits per heavy atom. The average Bonchev–Trinajstić information content (AvgIpc) is 2.71. The maximum Gasteiger partial charge on any atom is 0.248 e. The molecule has 0 atom stereocenters. The molecule has 0 spiro atoms. The molecule has 3 rings (SSSR count). The molecule has 1 saturated heterocycles. The molecule has 2 aromatic rings. The van der Waals surface area contributed by atoms with Crippen LogP contribution < -0.4 is 17.7 Å². The molecule has 2 aromatic carbocycles. The van der Waals surface area contributed by atoms with E-state index in [1.165, 1.54) is 11.6 Å². The lowest BCUT2D eigenvalue weighted by molar-refractivity contribution is -0.929. The highest BCUT2D eigenvalue weighted by atomic mass is 35.5. The van der Waals surface area contributed by atoms with Gasteiger partial charge in [-0.15, -0.1) is 0 Å². The summed E-state index contributed by atoms with van der Waals surface area (Å²) >= 11 is 11.9. The molecule has 1 fully saturated rings. The fraction of sp³-hybridized carbons (Fsp3) is 0.348. The van der Waals surface area contributed by atoms with Crippen LogP contribution >= 0.6 is 23.2 Å². The second kappa shape index (κ2) is 11.2. The van der Waals surface area contributed by atoms with Gasteiger partial charge in [0.15, 0.2) is 0 Å². The van der Waals surface area contributed by atoms with Crippen LogP contribution in [0, 0.1) is 0 Å². The summed E-state index contributed by atoms with van der Waals surface area (Å²) in [6, 6.07) is 13.9. The van der Waals surface area contributed by atoms with Crippen molar-refractivity contribution in [3.63, 3.8) is 0 Å². The van der Waals surface area contributed by atoms with E-state index in [1.807, 2.05) is 18.2 Å². The number of ether oxygens (including phenoxy) is 1. The summed E-state index contributed by atoms with van der Waals surface area (Å²) in [5.41, 5.74) is 2.85. The van der Waals surface area contributed by atoms with Crippen LogP contribution in [0.4, 0.5) is 5.69 Å². The van der Waals surface area contributed by atoms with Crippen molar-refractivity contribution in [3.8, 4) is 0 Å². The highest BCUT2D eigenvalue weighted by Crippen LogP contribution is 2.24. The van der Waals surface area contributed by atoms with Gasteiger partial charge in [0.05, 0.1) is 43.4 Å². The van der Waals surface area contributed by atoms with Gasteiger partial charge in [-0.2, -0.15) is 0 Å². The zero-order valence-electron chi connectivity index (χ0n) is 17.2. The quantitative estimate of drug-likeness (QED) is 0.521. The monoisotopic (exact) mass is 468 g/mol. The number of benzene rings is 2. The first-order valence-electron chi connectivity index (χ1n) is 9.77. The fourth-order valence-electron chi connectivity index (χ4n) is 3.65. The van der Waals surface area contributed by atoms with E-state index in [0.717, 1.165) is 48.3 Å². The third kappa shape index (κ3) is 7.00. The normalized spacial score (nSPS) is 15.1. The van der Waals surface area contributed by atoms with E-state index >= 15 is 0 Å². The van der Waals surface area contributed by atoms with Crippen LogP contribution in [0.25, 0.3) is 6.08 Å². The van der Waals surface area contributed by atoms with E-state index < -0.39 is 0 Å². The summed E-state index contributed by atoms with van der Waals surface area (Å²) in [7, 11) is 4.55. The Morgan fingerprint density at radius 3 is 2.40 bits per heavy atom. The van der Waals surface area contributed by atoms with Crippen LogP contribution in [0.15, 0.2) is 48.5 Å². The number of anilines is 1. The molecule has 162 valence electrons. The van der Waals surface area contributed by atoms with Gasteiger partial charge in [0.1, 0.15) is 6.54 Å². The summed E-state index contributed by atoms with van der Waals surface area (Å²) in [5.74, 6) is -0.192. The van der Waals surface area contributed by atoms with E-state index in [1.54, 1.807) is 18.2 Å². The van der Waals surface area contributed by atoms with Gasteiger partial charge in [-0.25, -0.2) is 0 Å². The van der Waals surface area contributed by atoms with Crippen molar-refractivity contribution in [1.82, 2.24) is 0 Å². The molecule has 4 nitrogen and oxygen atoms in total. The molecule has 0 unspecified atom stereocenters. The van der Waals surface area contributed by atoms with E-state index in [-0.39, 0.29) is 18.3 Å². The number of carbonyl (C=O) groups excluding carboxylic acids is 1. The molecule has 1 aliphatic rings. The molecular weight excluding hydrogens is 443 g/mol. The molecule has 1 N–H and O–H groups in total. The third-order valence-electron chi connectivity index (χ3n) is 5.36. The Labute approximate surface area is 194 Å². The van der Waals surface area contributed by atoms with Gasteiger partial charge in [0.2, 0.25) is 5.91 Å². The lowest BCUT2D eigenvalue weighted by Gasteiger charge is -2.40. The number of nitrogens with zero attached hydrogens (tertiary/aromatic N) is 1. The summed E-state index contributed by atoms with van der Waals surface area (Å²) in [5, 5.41) is 3.84. The molecule has 7 heteroatoms. The predicted molar refractivity (Wildman–Crippen MR) is 120 cm³/mol. The summed E-state index contributed by atoms with van der Waals surface area (Å²) in [4.78, 5) is 12.2. The number of carbonyl (C=O) groups is 1. The molecule has 0 bridgehead atoms. The number of amides is 1. The second-order valence-corrected chi connectivity index (χ2v) is 8.79. The highest BCUT2D eigenvalue weighted by molar-refractivity contribution is 6.42. The minimum Gasteiger partial charge on any atom is -1.00 e.